The predicted molar refractivity (Wildman–Crippen MR) is 132 cm³/mol. The number of carbonyl (C=O) groups is 2. The smallest absolute Gasteiger partial charge is 0.295 e. The van der Waals surface area contributed by atoms with Gasteiger partial charge in [0.25, 0.3) is 11.7 Å². The Balaban J connectivity index is 1.63. The van der Waals surface area contributed by atoms with Crippen molar-refractivity contribution < 1.29 is 24.2 Å². The standard InChI is InChI=1S/C29H27NO5/c1-3-34-23-11-7-10-20(16-23)26-25(27(31)21-12-13-24-22(15-21)14-18(2)35-24)28(32)29(33)30(26)17-19-8-5-4-6-9-19/h4-13,15-16,18,26,31H,3,14,17H2,1-2H3/t18-,26+/m0/s1. The fourth-order valence-electron chi connectivity index (χ4n) is 4.84. The summed E-state index contributed by atoms with van der Waals surface area (Å²) in [5, 5.41) is 11.4. The Morgan fingerprint density at radius 1 is 1.06 bits per heavy atom. The van der Waals surface area contributed by atoms with Crippen LogP contribution in [0.1, 0.15) is 42.1 Å². The van der Waals surface area contributed by atoms with Crippen LogP contribution in [0.2, 0.25) is 0 Å². The molecule has 0 spiro atoms. The van der Waals surface area contributed by atoms with Gasteiger partial charge in [0.1, 0.15) is 23.4 Å². The molecule has 0 saturated carbocycles. The third-order valence-corrected chi connectivity index (χ3v) is 6.39. The summed E-state index contributed by atoms with van der Waals surface area (Å²) in [5.41, 5.74) is 3.13. The maximum absolute atomic E-state index is 13.3. The van der Waals surface area contributed by atoms with Crippen LogP contribution in [0.5, 0.6) is 11.5 Å². The molecule has 1 amide bonds. The van der Waals surface area contributed by atoms with Gasteiger partial charge >= 0.3 is 0 Å². The minimum absolute atomic E-state index is 0.0557. The zero-order valence-electron chi connectivity index (χ0n) is 19.7. The van der Waals surface area contributed by atoms with Crippen molar-refractivity contribution >= 4 is 17.4 Å². The second kappa shape index (κ2) is 9.29. The molecule has 5 rings (SSSR count). The molecule has 0 unspecified atom stereocenters. The molecule has 178 valence electrons. The number of aliphatic hydroxyl groups is 1. The molecule has 1 saturated heterocycles. The number of Topliss-reactive ketones (excluding diaryl/α,β-unsaturated/α-hetero) is 1. The van der Waals surface area contributed by atoms with Gasteiger partial charge in [-0.15, -0.1) is 0 Å². The van der Waals surface area contributed by atoms with E-state index in [-0.39, 0.29) is 24.0 Å². The van der Waals surface area contributed by atoms with Crippen molar-refractivity contribution in [2.75, 3.05) is 6.61 Å². The topological polar surface area (TPSA) is 76.1 Å². The van der Waals surface area contributed by atoms with Crippen LogP contribution in [0.25, 0.3) is 5.76 Å². The van der Waals surface area contributed by atoms with Crippen LogP contribution in [-0.4, -0.2) is 34.4 Å². The lowest BCUT2D eigenvalue weighted by atomic mass is 9.94. The van der Waals surface area contributed by atoms with E-state index in [9.17, 15) is 14.7 Å². The van der Waals surface area contributed by atoms with Crippen molar-refractivity contribution in [2.24, 2.45) is 0 Å². The number of likely N-dealkylation sites (tertiary alicyclic amines) is 1. The van der Waals surface area contributed by atoms with Crippen molar-refractivity contribution in [3.63, 3.8) is 0 Å². The second-order valence-electron chi connectivity index (χ2n) is 8.87. The molecule has 2 atom stereocenters. The van der Waals surface area contributed by atoms with E-state index in [1.54, 1.807) is 12.1 Å². The molecule has 0 radical (unpaired) electrons. The summed E-state index contributed by atoms with van der Waals surface area (Å²) >= 11 is 0. The number of amides is 1. The molecule has 3 aromatic carbocycles. The van der Waals surface area contributed by atoms with Gasteiger partial charge in [0.2, 0.25) is 0 Å². The third kappa shape index (κ3) is 4.28. The van der Waals surface area contributed by atoms with Gasteiger partial charge in [0, 0.05) is 18.5 Å². The van der Waals surface area contributed by atoms with E-state index in [1.807, 2.05) is 74.5 Å². The second-order valence-corrected chi connectivity index (χ2v) is 8.87. The number of ketones is 1. The zero-order valence-corrected chi connectivity index (χ0v) is 19.7. The summed E-state index contributed by atoms with van der Waals surface area (Å²) in [7, 11) is 0. The van der Waals surface area contributed by atoms with Gasteiger partial charge in [-0.3, -0.25) is 9.59 Å². The largest absolute Gasteiger partial charge is 0.507 e. The number of aliphatic hydroxyl groups excluding tert-OH is 1. The number of fused-ring (bicyclic) bond motifs is 1. The highest BCUT2D eigenvalue weighted by Gasteiger charge is 2.46. The van der Waals surface area contributed by atoms with Crippen molar-refractivity contribution in [3.05, 3.63) is 101 Å². The Morgan fingerprint density at radius 3 is 2.63 bits per heavy atom. The number of benzene rings is 3. The van der Waals surface area contributed by atoms with Gasteiger partial charge in [-0.25, -0.2) is 0 Å². The van der Waals surface area contributed by atoms with Gasteiger partial charge in [-0.1, -0.05) is 42.5 Å². The first-order chi connectivity index (χ1) is 17.0. The maximum Gasteiger partial charge on any atom is 0.295 e. The lowest BCUT2D eigenvalue weighted by Gasteiger charge is -2.26. The SMILES string of the molecule is CCOc1cccc([C@@H]2C(=C(O)c3ccc4c(c3)C[C@H](C)O4)C(=O)C(=O)N2Cc2ccccc2)c1. The maximum atomic E-state index is 13.3. The molecule has 1 fully saturated rings. The van der Waals surface area contributed by atoms with Crippen molar-refractivity contribution in [1.29, 1.82) is 0 Å². The van der Waals surface area contributed by atoms with Crippen LogP contribution < -0.4 is 9.47 Å². The van der Waals surface area contributed by atoms with Crippen LogP contribution in [0.15, 0.2) is 78.4 Å². The highest BCUT2D eigenvalue weighted by molar-refractivity contribution is 6.46. The molecular formula is C29H27NO5. The van der Waals surface area contributed by atoms with Gasteiger partial charge in [-0.2, -0.15) is 0 Å². The monoisotopic (exact) mass is 469 g/mol. The van der Waals surface area contributed by atoms with Crippen LogP contribution >= 0.6 is 0 Å². The number of hydrogen-bond donors (Lipinski definition) is 1. The Hall–Kier alpha value is -4.06. The van der Waals surface area contributed by atoms with E-state index in [0.717, 1.165) is 23.3 Å². The lowest BCUT2D eigenvalue weighted by molar-refractivity contribution is -0.140. The van der Waals surface area contributed by atoms with Gasteiger partial charge in [0.15, 0.2) is 0 Å². The van der Waals surface area contributed by atoms with E-state index in [1.165, 1.54) is 4.90 Å². The quantitative estimate of drug-likeness (QED) is 0.311. The van der Waals surface area contributed by atoms with Gasteiger partial charge in [-0.05, 0) is 60.9 Å². The molecule has 6 nitrogen and oxygen atoms in total. The Kier molecular flexibility index (Phi) is 6.03. The molecule has 2 heterocycles. The Morgan fingerprint density at radius 2 is 1.86 bits per heavy atom. The normalized spacial score (nSPS) is 20.6. The number of ether oxygens (including phenoxy) is 2. The fraction of sp³-hybridized carbons (Fsp3) is 0.241. The van der Waals surface area contributed by atoms with E-state index in [4.69, 9.17) is 9.47 Å². The predicted octanol–water partition coefficient (Wildman–Crippen LogP) is 5.03. The first-order valence-corrected chi connectivity index (χ1v) is 11.8. The zero-order chi connectivity index (χ0) is 24.5. The molecule has 0 aliphatic carbocycles. The number of hydrogen-bond acceptors (Lipinski definition) is 5. The highest BCUT2D eigenvalue weighted by atomic mass is 16.5. The van der Waals surface area contributed by atoms with E-state index in [2.05, 4.69) is 0 Å². The van der Waals surface area contributed by atoms with Crippen LogP contribution in [0.4, 0.5) is 0 Å². The molecule has 0 aromatic heterocycles. The third-order valence-electron chi connectivity index (χ3n) is 6.39. The Bertz CT molecular complexity index is 1310. The lowest BCUT2D eigenvalue weighted by Crippen LogP contribution is -2.29. The molecule has 6 heteroatoms. The molecule has 35 heavy (non-hydrogen) atoms. The van der Waals surface area contributed by atoms with E-state index < -0.39 is 17.7 Å². The summed E-state index contributed by atoms with van der Waals surface area (Å²) in [6, 6.07) is 21.5. The minimum Gasteiger partial charge on any atom is -0.507 e. The average Bonchev–Trinajstić information content (AvgIpc) is 3.35. The molecule has 2 aliphatic rings. The van der Waals surface area contributed by atoms with Crippen molar-refractivity contribution in [2.45, 2.75) is 39.0 Å². The summed E-state index contributed by atoms with van der Waals surface area (Å²) in [4.78, 5) is 28.1. The molecule has 1 N–H and O–H groups in total. The average molecular weight is 470 g/mol. The van der Waals surface area contributed by atoms with Crippen molar-refractivity contribution in [3.8, 4) is 11.5 Å². The summed E-state index contributed by atoms with van der Waals surface area (Å²) < 4.78 is 11.4. The molecule has 0 bridgehead atoms. The van der Waals surface area contributed by atoms with Crippen LogP contribution in [0.3, 0.4) is 0 Å². The molecule has 2 aliphatic heterocycles. The van der Waals surface area contributed by atoms with E-state index in [0.29, 0.717) is 23.5 Å². The van der Waals surface area contributed by atoms with Gasteiger partial charge < -0.3 is 19.5 Å². The Labute approximate surface area is 204 Å². The highest BCUT2D eigenvalue weighted by Crippen LogP contribution is 2.42. The van der Waals surface area contributed by atoms with Crippen LogP contribution in [-0.2, 0) is 22.6 Å². The first-order valence-electron chi connectivity index (χ1n) is 11.8. The van der Waals surface area contributed by atoms with Crippen molar-refractivity contribution in [1.82, 2.24) is 4.90 Å². The number of carbonyl (C=O) groups excluding carboxylic acids is 2. The number of nitrogens with zero attached hydrogens (tertiary/aromatic N) is 1. The molecular weight excluding hydrogens is 442 g/mol. The first kappa shape index (κ1) is 22.7. The summed E-state index contributed by atoms with van der Waals surface area (Å²) in [6.45, 7) is 4.61. The number of rotatable bonds is 6. The van der Waals surface area contributed by atoms with E-state index >= 15 is 0 Å². The van der Waals surface area contributed by atoms with Gasteiger partial charge in [0.05, 0.1) is 18.2 Å². The van der Waals surface area contributed by atoms with Crippen LogP contribution in [0, 0.1) is 0 Å². The summed E-state index contributed by atoms with van der Waals surface area (Å²) in [6.07, 6.45) is 0.777. The minimum atomic E-state index is -0.751. The summed E-state index contributed by atoms with van der Waals surface area (Å²) in [5.74, 6) is -0.109. The molecule has 3 aromatic rings. The fourth-order valence-corrected chi connectivity index (χ4v) is 4.84.